The van der Waals surface area contributed by atoms with Gasteiger partial charge in [-0.25, -0.2) is 9.79 Å². The molecule has 0 N–H and O–H groups in total. The summed E-state index contributed by atoms with van der Waals surface area (Å²) in [7, 11) is 4.28. The van der Waals surface area contributed by atoms with Crippen LogP contribution in [0, 0.1) is 10.1 Å². The van der Waals surface area contributed by atoms with Gasteiger partial charge in [-0.3, -0.25) is 19.5 Å². The van der Waals surface area contributed by atoms with Crippen LogP contribution in [0.5, 0.6) is 17.2 Å². The Morgan fingerprint density at radius 3 is 2.39 bits per heavy atom. The number of nitro benzene ring substituents is 1. The standard InChI is InChI=1S/C26H25N3O8S/c1-6-37-25(31)22-14(2)27-26-28(23(22)15-7-9-17(34-3)10-8-15)24(30)21(38-26)12-16-11-18(29(32)33)20(36-5)13-19(16)35-4/h7-13,23H,6H2,1-5H3/t23-/m0/s1. The first-order chi connectivity index (χ1) is 18.2. The molecule has 1 aromatic heterocycles. The fraction of sp³-hybridized carbons (Fsp3) is 0.269. The third-order valence-electron chi connectivity index (χ3n) is 5.96. The van der Waals surface area contributed by atoms with Crippen molar-refractivity contribution >= 4 is 29.1 Å². The highest BCUT2D eigenvalue weighted by Gasteiger charge is 2.33. The summed E-state index contributed by atoms with van der Waals surface area (Å²) in [6.07, 6.45) is 1.50. The number of methoxy groups -OCH3 is 3. The van der Waals surface area contributed by atoms with Crippen molar-refractivity contribution in [2.24, 2.45) is 4.99 Å². The van der Waals surface area contributed by atoms with Gasteiger partial charge in [-0.2, -0.15) is 0 Å². The van der Waals surface area contributed by atoms with Crippen LogP contribution in [-0.4, -0.2) is 43.4 Å². The number of thiazole rings is 1. The van der Waals surface area contributed by atoms with Gasteiger partial charge in [0.25, 0.3) is 5.56 Å². The number of nitrogens with zero attached hydrogens (tertiary/aromatic N) is 3. The van der Waals surface area contributed by atoms with Crippen molar-refractivity contribution < 1.29 is 28.7 Å². The molecule has 0 saturated carbocycles. The van der Waals surface area contributed by atoms with Crippen LogP contribution in [0.3, 0.4) is 0 Å². The number of fused-ring (bicyclic) bond motifs is 1. The number of esters is 1. The molecule has 1 aliphatic rings. The summed E-state index contributed by atoms with van der Waals surface area (Å²) in [4.78, 5) is 42.7. The van der Waals surface area contributed by atoms with E-state index in [2.05, 4.69) is 4.99 Å². The molecule has 2 heterocycles. The van der Waals surface area contributed by atoms with Crippen LogP contribution < -0.4 is 29.1 Å². The number of allylic oxidation sites excluding steroid dienone is 1. The summed E-state index contributed by atoms with van der Waals surface area (Å²) >= 11 is 1.10. The molecule has 0 radical (unpaired) electrons. The second kappa shape index (κ2) is 10.9. The van der Waals surface area contributed by atoms with Gasteiger partial charge in [0.2, 0.25) is 5.75 Å². The molecule has 0 bridgehead atoms. The third-order valence-corrected chi connectivity index (χ3v) is 6.95. The molecular formula is C26H25N3O8S. The van der Waals surface area contributed by atoms with Gasteiger partial charge in [-0.15, -0.1) is 0 Å². The van der Waals surface area contributed by atoms with E-state index < -0.39 is 22.5 Å². The van der Waals surface area contributed by atoms with Gasteiger partial charge in [-0.05, 0) is 37.6 Å². The molecule has 0 spiro atoms. The Labute approximate surface area is 221 Å². The molecule has 0 fully saturated rings. The molecule has 0 amide bonds. The molecule has 1 aliphatic heterocycles. The number of carbonyl (C=O) groups excluding carboxylic acids is 1. The summed E-state index contributed by atoms with van der Waals surface area (Å²) in [6.45, 7) is 3.55. The van der Waals surface area contributed by atoms with Gasteiger partial charge < -0.3 is 18.9 Å². The van der Waals surface area contributed by atoms with E-state index in [1.807, 2.05) is 0 Å². The van der Waals surface area contributed by atoms with Gasteiger partial charge in [0.15, 0.2) is 4.80 Å². The first-order valence-corrected chi connectivity index (χ1v) is 12.3. The highest BCUT2D eigenvalue weighted by molar-refractivity contribution is 7.07. The van der Waals surface area contributed by atoms with E-state index in [1.54, 1.807) is 45.2 Å². The molecule has 4 rings (SSSR count). The van der Waals surface area contributed by atoms with Gasteiger partial charge in [0.1, 0.15) is 11.5 Å². The zero-order valence-corrected chi connectivity index (χ0v) is 22.2. The molecule has 198 valence electrons. The first-order valence-electron chi connectivity index (χ1n) is 11.5. The predicted octanol–water partition coefficient (Wildman–Crippen LogP) is 2.73. The lowest BCUT2D eigenvalue weighted by atomic mass is 9.96. The highest BCUT2D eigenvalue weighted by atomic mass is 32.1. The smallest absolute Gasteiger partial charge is 0.338 e. The maximum atomic E-state index is 13.8. The number of carbonyl (C=O) groups is 1. The van der Waals surface area contributed by atoms with E-state index >= 15 is 0 Å². The fourth-order valence-electron chi connectivity index (χ4n) is 4.20. The van der Waals surface area contributed by atoms with Gasteiger partial charge in [-0.1, -0.05) is 23.5 Å². The van der Waals surface area contributed by atoms with Crippen LogP contribution >= 0.6 is 11.3 Å². The molecule has 11 nitrogen and oxygen atoms in total. The van der Waals surface area contributed by atoms with E-state index in [0.717, 1.165) is 11.3 Å². The Balaban J connectivity index is 1.97. The summed E-state index contributed by atoms with van der Waals surface area (Å²) < 4.78 is 22.8. The maximum absolute atomic E-state index is 13.8. The van der Waals surface area contributed by atoms with Crippen LogP contribution in [0.15, 0.2) is 57.5 Å². The average Bonchev–Trinajstić information content (AvgIpc) is 3.21. The van der Waals surface area contributed by atoms with Crippen LogP contribution in [0.1, 0.15) is 31.0 Å². The second-order valence-electron chi connectivity index (χ2n) is 8.10. The summed E-state index contributed by atoms with van der Waals surface area (Å²) in [5.74, 6) is 0.358. The Hall–Kier alpha value is -4.45. The predicted molar refractivity (Wildman–Crippen MR) is 140 cm³/mol. The number of benzene rings is 2. The molecule has 0 unspecified atom stereocenters. The van der Waals surface area contributed by atoms with Crippen molar-refractivity contribution in [3.05, 3.63) is 88.6 Å². The van der Waals surface area contributed by atoms with E-state index in [4.69, 9.17) is 18.9 Å². The van der Waals surface area contributed by atoms with E-state index in [9.17, 15) is 19.7 Å². The minimum absolute atomic E-state index is 0.0275. The maximum Gasteiger partial charge on any atom is 0.338 e. The monoisotopic (exact) mass is 539 g/mol. The largest absolute Gasteiger partial charge is 0.497 e. The number of hydrogen-bond acceptors (Lipinski definition) is 10. The Morgan fingerprint density at radius 2 is 1.82 bits per heavy atom. The topological polar surface area (TPSA) is 131 Å². The molecular weight excluding hydrogens is 514 g/mol. The van der Waals surface area contributed by atoms with Gasteiger partial charge in [0, 0.05) is 17.7 Å². The van der Waals surface area contributed by atoms with Crippen LogP contribution in [-0.2, 0) is 9.53 Å². The van der Waals surface area contributed by atoms with Crippen LogP contribution in [0.2, 0.25) is 0 Å². The minimum Gasteiger partial charge on any atom is -0.497 e. The Kier molecular flexibility index (Phi) is 7.62. The highest BCUT2D eigenvalue weighted by Crippen LogP contribution is 2.35. The molecule has 12 heteroatoms. The SMILES string of the molecule is CCOC(=O)C1=C(C)N=c2sc(=Cc3cc([N+](=O)[O-])c(OC)cc3OC)c(=O)n2[C@H]1c1ccc(OC)cc1. The lowest BCUT2D eigenvalue weighted by molar-refractivity contribution is -0.385. The third kappa shape index (κ3) is 4.77. The van der Waals surface area contributed by atoms with Crippen molar-refractivity contribution in [3.8, 4) is 17.2 Å². The van der Waals surface area contributed by atoms with E-state index in [0.29, 0.717) is 27.4 Å². The molecule has 2 aromatic carbocycles. The number of rotatable bonds is 8. The van der Waals surface area contributed by atoms with Crippen molar-refractivity contribution in [1.82, 2.24) is 4.57 Å². The quantitative estimate of drug-likeness (QED) is 0.243. The molecule has 1 atom stereocenters. The lowest BCUT2D eigenvalue weighted by Gasteiger charge is -2.24. The lowest BCUT2D eigenvalue weighted by Crippen LogP contribution is -2.39. The van der Waals surface area contributed by atoms with Crippen molar-refractivity contribution in [3.63, 3.8) is 0 Å². The van der Waals surface area contributed by atoms with Crippen molar-refractivity contribution in [2.45, 2.75) is 19.9 Å². The minimum atomic E-state index is -0.801. The molecule has 0 aliphatic carbocycles. The Morgan fingerprint density at radius 1 is 1.13 bits per heavy atom. The van der Waals surface area contributed by atoms with E-state index in [-0.39, 0.29) is 33.9 Å². The zero-order chi connectivity index (χ0) is 27.6. The Bertz CT molecular complexity index is 1620. The fourth-order valence-corrected chi connectivity index (χ4v) is 5.23. The van der Waals surface area contributed by atoms with Gasteiger partial charge in [0.05, 0.1) is 54.7 Å². The number of aromatic nitrogens is 1. The van der Waals surface area contributed by atoms with E-state index in [1.165, 1.54) is 37.0 Å². The second-order valence-corrected chi connectivity index (χ2v) is 9.11. The summed E-state index contributed by atoms with van der Waals surface area (Å²) in [5.41, 5.74) is 0.942. The number of hydrogen-bond donors (Lipinski definition) is 0. The molecule has 0 saturated heterocycles. The normalized spacial score (nSPS) is 15.0. The van der Waals surface area contributed by atoms with Crippen LogP contribution in [0.4, 0.5) is 5.69 Å². The summed E-state index contributed by atoms with van der Waals surface area (Å²) in [5, 5.41) is 11.6. The molecule has 3 aromatic rings. The first kappa shape index (κ1) is 26.6. The van der Waals surface area contributed by atoms with Crippen LogP contribution in [0.25, 0.3) is 6.08 Å². The van der Waals surface area contributed by atoms with Crippen molar-refractivity contribution in [1.29, 1.82) is 0 Å². The average molecular weight is 540 g/mol. The van der Waals surface area contributed by atoms with Crippen molar-refractivity contribution in [2.75, 3.05) is 27.9 Å². The van der Waals surface area contributed by atoms with Gasteiger partial charge >= 0.3 is 11.7 Å². The zero-order valence-electron chi connectivity index (χ0n) is 21.3. The number of nitro groups is 1. The molecule has 38 heavy (non-hydrogen) atoms. The summed E-state index contributed by atoms with van der Waals surface area (Å²) in [6, 6.07) is 8.90. The number of ether oxygens (including phenoxy) is 4.